The molecule has 2 fully saturated rings. The van der Waals surface area contributed by atoms with Crippen LogP contribution < -0.4 is 0 Å². The minimum atomic E-state index is -0.828. The molecule has 0 bridgehead atoms. The smallest absolute Gasteiger partial charge is 0.306 e. The van der Waals surface area contributed by atoms with Crippen LogP contribution in [0.3, 0.4) is 0 Å². The number of carboxylic acid groups (broad SMARTS) is 4. The number of carboxylic acids is 4. The van der Waals surface area contributed by atoms with Crippen LogP contribution in [0.25, 0.3) is 0 Å². The third-order valence-electron chi connectivity index (χ3n) is 4.71. The monoisotopic (exact) mass is 344 g/mol. The van der Waals surface area contributed by atoms with Crippen molar-refractivity contribution in [2.75, 3.05) is 0 Å². The highest BCUT2D eigenvalue weighted by Gasteiger charge is 2.31. The Morgan fingerprint density at radius 3 is 1.17 bits per heavy atom. The maximum Gasteiger partial charge on any atom is 0.306 e. The molecule has 0 amide bonds. The van der Waals surface area contributed by atoms with Gasteiger partial charge in [0.25, 0.3) is 0 Å². The summed E-state index contributed by atoms with van der Waals surface area (Å²) in [5.74, 6) is -3.71. The first-order valence-electron chi connectivity index (χ1n) is 8.08. The van der Waals surface area contributed by atoms with Gasteiger partial charge in [0.1, 0.15) is 0 Å². The summed E-state index contributed by atoms with van der Waals surface area (Å²) < 4.78 is 0. The lowest BCUT2D eigenvalue weighted by atomic mass is 10.0. The molecule has 8 nitrogen and oxygen atoms in total. The van der Waals surface area contributed by atoms with Gasteiger partial charge >= 0.3 is 23.9 Å². The van der Waals surface area contributed by atoms with Crippen molar-refractivity contribution in [1.82, 2.24) is 0 Å². The van der Waals surface area contributed by atoms with Crippen molar-refractivity contribution in [2.45, 2.75) is 51.4 Å². The van der Waals surface area contributed by atoms with Crippen molar-refractivity contribution < 1.29 is 39.6 Å². The van der Waals surface area contributed by atoms with Gasteiger partial charge in [0, 0.05) is 12.8 Å². The standard InChI is InChI=1S/2C8H12O4/c2*9-7(10)4-5-1-2-6(3-5)8(11)12/h2*5-6H,1-4H2,(H,9,10)(H,11,12)/t2*5-,6+/m10/s1. The predicted octanol–water partition coefficient (Wildman–Crippen LogP) is 1.92. The molecule has 2 rings (SSSR count). The molecule has 0 aliphatic heterocycles. The summed E-state index contributed by atoms with van der Waals surface area (Å²) in [6, 6.07) is 0. The van der Waals surface area contributed by atoms with Gasteiger partial charge in [0.2, 0.25) is 0 Å². The summed E-state index contributed by atoms with van der Waals surface area (Å²) in [5.41, 5.74) is 0. The van der Waals surface area contributed by atoms with E-state index >= 15 is 0 Å². The minimum absolute atomic E-state index is 0.0728. The summed E-state index contributed by atoms with van der Waals surface area (Å²) in [5, 5.41) is 34.1. The Labute approximate surface area is 139 Å². The number of hydrogen-bond donors (Lipinski definition) is 4. The van der Waals surface area contributed by atoms with Gasteiger partial charge in [-0.2, -0.15) is 0 Å². The van der Waals surface area contributed by atoms with Gasteiger partial charge in [0.05, 0.1) is 11.8 Å². The minimum Gasteiger partial charge on any atom is -0.481 e. The largest absolute Gasteiger partial charge is 0.481 e. The lowest BCUT2D eigenvalue weighted by Gasteiger charge is -2.04. The lowest BCUT2D eigenvalue weighted by Crippen LogP contribution is -2.10. The molecule has 0 heterocycles. The zero-order valence-corrected chi connectivity index (χ0v) is 13.4. The third-order valence-corrected chi connectivity index (χ3v) is 4.71. The van der Waals surface area contributed by atoms with Crippen LogP contribution in [0.2, 0.25) is 0 Å². The maximum atomic E-state index is 10.5. The first kappa shape index (κ1) is 19.9. The number of carbonyl (C=O) groups is 4. The van der Waals surface area contributed by atoms with E-state index in [9.17, 15) is 19.2 Å². The third kappa shape index (κ3) is 6.97. The van der Waals surface area contributed by atoms with Gasteiger partial charge in [-0.15, -0.1) is 0 Å². The molecule has 4 atom stereocenters. The zero-order valence-electron chi connectivity index (χ0n) is 13.4. The van der Waals surface area contributed by atoms with Crippen molar-refractivity contribution in [2.24, 2.45) is 23.7 Å². The first-order valence-corrected chi connectivity index (χ1v) is 8.08. The van der Waals surface area contributed by atoms with Crippen molar-refractivity contribution in [1.29, 1.82) is 0 Å². The van der Waals surface area contributed by atoms with Crippen LogP contribution in [-0.2, 0) is 19.2 Å². The average Bonchev–Trinajstić information content (AvgIpc) is 3.07. The Morgan fingerprint density at radius 1 is 0.625 bits per heavy atom. The van der Waals surface area contributed by atoms with Crippen LogP contribution in [0, 0.1) is 23.7 Å². The summed E-state index contributed by atoms with van der Waals surface area (Å²) >= 11 is 0. The molecule has 136 valence electrons. The summed E-state index contributed by atoms with van der Waals surface area (Å²) in [7, 11) is 0. The average molecular weight is 344 g/mol. The fraction of sp³-hybridized carbons (Fsp3) is 0.750. The molecule has 0 aromatic heterocycles. The second kappa shape index (κ2) is 9.24. The van der Waals surface area contributed by atoms with E-state index in [2.05, 4.69) is 0 Å². The SMILES string of the molecule is O=C(O)C[C@@H]1CC[C@H](C(=O)O)C1.O=C(O)C[C@H]1CC[C@@H](C(=O)O)C1. The van der Waals surface area contributed by atoms with E-state index in [0.717, 1.165) is 12.8 Å². The van der Waals surface area contributed by atoms with Crippen LogP contribution in [0.5, 0.6) is 0 Å². The van der Waals surface area contributed by atoms with Crippen molar-refractivity contribution in [3.8, 4) is 0 Å². The second-order valence-electron chi connectivity index (χ2n) is 6.62. The zero-order chi connectivity index (χ0) is 18.3. The molecule has 24 heavy (non-hydrogen) atoms. The molecular weight excluding hydrogens is 320 g/mol. The number of aliphatic carboxylic acids is 4. The highest BCUT2D eigenvalue weighted by molar-refractivity contribution is 5.71. The summed E-state index contributed by atoms with van der Waals surface area (Å²) in [4.78, 5) is 41.5. The summed E-state index contributed by atoms with van der Waals surface area (Å²) in [6.45, 7) is 0. The highest BCUT2D eigenvalue weighted by Crippen LogP contribution is 2.33. The Bertz CT molecular complexity index is 442. The molecule has 4 N–H and O–H groups in total. The van der Waals surface area contributed by atoms with Gasteiger partial charge < -0.3 is 20.4 Å². The fourth-order valence-electron chi connectivity index (χ4n) is 3.46. The molecule has 0 aromatic carbocycles. The van der Waals surface area contributed by atoms with Crippen LogP contribution in [0.15, 0.2) is 0 Å². The lowest BCUT2D eigenvalue weighted by molar-refractivity contribution is -0.142. The van der Waals surface area contributed by atoms with Gasteiger partial charge in [-0.1, -0.05) is 0 Å². The van der Waals surface area contributed by atoms with Gasteiger partial charge in [-0.05, 0) is 50.4 Å². The van der Waals surface area contributed by atoms with E-state index in [-0.39, 0.29) is 36.5 Å². The van der Waals surface area contributed by atoms with E-state index in [1.54, 1.807) is 0 Å². The van der Waals surface area contributed by atoms with Crippen LogP contribution in [-0.4, -0.2) is 44.3 Å². The summed E-state index contributed by atoms with van der Waals surface area (Å²) in [6.07, 6.45) is 4.03. The first-order chi connectivity index (χ1) is 11.2. The molecular formula is C16H24O8. The molecule has 0 unspecified atom stereocenters. The molecule has 0 saturated heterocycles. The van der Waals surface area contributed by atoms with Gasteiger partial charge in [-0.3, -0.25) is 19.2 Å². The Balaban J connectivity index is 0.000000240. The molecule has 2 aliphatic rings. The van der Waals surface area contributed by atoms with Crippen LogP contribution in [0.1, 0.15) is 51.4 Å². The van der Waals surface area contributed by atoms with Crippen LogP contribution >= 0.6 is 0 Å². The van der Waals surface area contributed by atoms with E-state index in [1.807, 2.05) is 0 Å². The predicted molar refractivity (Wildman–Crippen MR) is 81.4 cm³/mol. The van der Waals surface area contributed by atoms with E-state index in [0.29, 0.717) is 25.7 Å². The van der Waals surface area contributed by atoms with Crippen molar-refractivity contribution in [3.63, 3.8) is 0 Å². The molecule has 8 heteroatoms. The Hall–Kier alpha value is -2.12. The molecule has 2 aliphatic carbocycles. The number of hydrogen-bond acceptors (Lipinski definition) is 4. The highest BCUT2D eigenvalue weighted by atomic mass is 16.4. The molecule has 2 saturated carbocycles. The molecule has 0 spiro atoms. The quantitative estimate of drug-likeness (QED) is 0.571. The van der Waals surface area contributed by atoms with E-state index in [1.165, 1.54) is 0 Å². The number of rotatable bonds is 6. The van der Waals surface area contributed by atoms with Crippen LogP contribution in [0.4, 0.5) is 0 Å². The maximum absolute atomic E-state index is 10.5. The Morgan fingerprint density at radius 2 is 0.958 bits per heavy atom. The van der Waals surface area contributed by atoms with Crippen molar-refractivity contribution in [3.05, 3.63) is 0 Å². The fourth-order valence-corrected chi connectivity index (χ4v) is 3.46. The second-order valence-corrected chi connectivity index (χ2v) is 6.62. The van der Waals surface area contributed by atoms with E-state index < -0.39 is 23.9 Å². The normalized spacial score (nSPS) is 28.7. The topological polar surface area (TPSA) is 149 Å². The van der Waals surface area contributed by atoms with Gasteiger partial charge in [-0.25, -0.2) is 0 Å². The van der Waals surface area contributed by atoms with Crippen molar-refractivity contribution >= 4 is 23.9 Å². The Kier molecular flexibility index (Phi) is 7.67. The van der Waals surface area contributed by atoms with E-state index in [4.69, 9.17) is 20.4 Å². The van der Waals surface area contributed by atoms with Gasteiger partial charge in [0.15, 0.2) is 0 Å². The molecule has 0 aromatic rings. The molecule has 0 radical (unpaired) electrons.